The lowest BCUT2D eigenvalue weighted by Gasteiger charge is -2.07. The first kappa shape index (κ1) is 16.1. The van der Waals surface area contributed by atoms with Gasteiger partial charge >= 0.3 is 0 Å². The Labute approximate surface area is 148 Å². The van der Waals surface area contributed by atoms with Gasteiger partial charge in [-0.2, -0.15) is 5.10 Å². The second-order valence-electron chi connectivity index (χ2n) is 6.14. The summed E-state index contributed by atoms with van der Waals surface area (Å²) in [5, 5.41) is 8.43. The van der Waals surface area contributed by atoms with Crippen molar-refractivity contribution >= 4 is 27.8 Å². The smallest absolute Gasteiger partial charge is 0.264 e. The average Bonchev–Trinajstić information content (AvgIpc) is 3.22. The number of fused-ring (bicyclic) bond motifs is 2. The van der Waals surface area contributed by atoms with Crippen molar-refractivity contribution < 1.29 is 4.79 Å². The first-order valence-corrected chi connectivity index (χ1v) is 8.32. The van der Waals surface area contributed by atoms with Crippen LogP contribution in [0.3, 0.4) is 0 Å². The van der Waals surface area contributed by atoms with E-state index in [0.29, 0.717) is 24.0 Å². The lowest BCUT2D eigenvalue weighted by molar-refractivity contribution is -0.121. The highest BCUT2D eigenvalue weighted by atomic mass is 16.2. The Bertz CT molecular complexity index is 1150. The third kappa shape index (κ3) is 2.85. The van der Waals surface area contributed by atoms with E-state index in [1.807, 2.05) is 24.4 Å². The zero-order valence-electron chi connectivity index (χ0n) is 14.3. The molecule has 1 aromatic carbocycles. The van der Waals surface area contributed by atoms with Gasteiger partial charge in [-0.3, -0.25) is 18.8 Å². The van der Waals surface area contributed by atoms with Crippen molar-refractivity contribution in [3.05, 3.63) is 58.9 Å². The van der Waals surface area contributed by atoms with Crippen molar-refractivity contribution in [2.24, 2.45) is 7.05 Å². The lowest BCUT2D eigenvalue weighted by Crippen LogP contribution is -2.33. The molecule has 0 saturated carbocycles. The van der Waals surface area contributed by atoms with Crippen LogP contribution in [0.5, 0.6) is 0 Å². The van der Waals surface area contributed by atoms with Gasteiger partial charge < -0.3 is 10.3 Å². The number of aromatic nitrogens is 5. The predicted molar refractivity (Wildman–Crippen MR) is 97.8 cm³/mol. The molecule has 26 heavy (non-hydrogen) atoms. The monoisotopic (exact) mass is 350 g/mol. The highest BCUT2D eigenvalue weighted by Gasteiger charge is 2.11. The summed E-state index contributed by atoms with van der Waals surface area (Å²) in [6, 6.07) is 8.05. The normalized spacial score (nSPS) is 11.3. The summed E-state index contributed by atoms with van der Waals surface area (Å²) in [7, 11) is 1.72. The fourth-order valence-corrected chi connectivity index (χ4v) is 3.06. The number of H-pyrrole nitrogens is 1. The van der Waals surface area contributed by atoms with Gasteiger partial charge in [0.25, 0.3) is 5.56 Å². The number of nitrogens with one attached hydrogen (secondary N) is 2. The quantitative estimate of drug-likeness (QED) is 0.560. The van der Waals surface area contributed by atoms with Gasteiger partial charge in [-0.1, -0.05) is 18.2 Å². The molecule has 0 bridgehead atoms. The Morgan fingerprint density at radius 3 is 3.00 bits per heavy atom. The van der Waals surface area contributed by atoms with Crippen LogP contribution in [-0.2, 0) is 24.8 Å². The molecule has 4 rings (SSSR count). The van der Waals surface area contributed by atoms with Crippen molar-refractivity contribution in [2.45, 2.75) is 13.0 Å². The Balaban J connectivity index is 1.40. The van der Waals surface area contributed by atoms with Crippen LogP contribution in [0.25, 0.3) is 21.9 Å². The number of aryl methyl sites for hydroxylation is 1. The summed E-state index contributed by atoms with van der Waals surface area (Å²) in [5.41, 5.74) is 2.47. The zero-order chi connectivity index (χ0) is 18.1. The number of hydrogen-bond donors (Lipinski definition) is 2. The van der Waals surface area contributed by atoms with Crippen LogP contribution in [0, 0.1) is 0 Å². The van der Waals surface area contributed by atoms with Gasteiger partial charge in [0, 0.05) is 30.7 Å². The number of aromatic amines is 1. The van der Waals surface area contributed by atoms with E-state index < -0.39 is 0 Å². The molecule has 2 N–H and O–H groups in total. The molecule has 4 aromatic rings. The van der Waals surface area contributed by atoms with Crippen LogP contribution < -0.4 is 10.9 Å². The molecule has 0 spiro atoms. The van der Waals surface area contributed by atoms with E-state index in [-0.39, 0.29) is 18.0 Å². The van der Waals surface area contributed by atoms with Crippen molar-refractivity contribution in [1.82, 2.24) is 29.6 Å². The number of carbonyl (C=O) groups is 1. The minimum Gasteiger partial charge on any atom is -0.361 e. The summed E-state index contributed by atoms with van der Waals surface area (Å²) in [6.45, 7) is 0.433. The van der Waals surface area contributed by atoms with Crippen molar-refractivity contribution in [1.29, 1.82) is 0 Å². The molecule has 8 heteroatoms. The standard InChI is InChI=1S/C18H18N6O2/c1-23-17-14(9-22-23)18(26)24(11-21-17)10-16(25)19-7-6-12-8-20-15-5-3-2-4-13(12)15/h2-5,8-9,11,20H,6-7,10H2,1H3,(H,19,25). The van der Waals surface area contributed by atoms with Gasteiger partial charge in [-0.05, 0) is 18.1 Å². The van der Waals surface area contributed by atoms with E-state index in [1.165, 1.54) is 21.8 Å². The number of para-hydroxylation sites is 1. The molecular weight excluding hydrogens is 332 g/mol. The van der Waals surface area contributed by atoms with Crippen molar-refractivity contribution in [2.75, 3.05) is 6.54 Å². The zero-order valence-corrected chi connectivity index (χ0v) is 14.3. The molecule has 0 aliphatic heterocycles. The van der Waals surface area contributed by atoms with E-state index in [4.69, 9.17) is 0 Å². The summed E-state index contributed by atoms with van der Waals surface area (Å²) in [6.07, 6.45) is 5.52. The third-order valence-electron chi connectivity index (χ3n) is 4.42. The van der Waals surface area contributed by atoms with Crippen LogP contribution in [0.2, 0.25) is 0 Å². The Morgan fingerprint density at radius 2 is 2.12 bits per heavy atom. The minimum absolute atomic E-state index is 0.0649. The highest BCUT2D eigenvalue weighted by Crippen LogP contribution is 2.17. The highest BCUT2D eigenvalue weighted by molar-refractivity contribution is 5.83. The van der Waals surface area contributed by atoms with Gasteiger partial charge in [0.2, 0.25) is 5.91 Å². The second-order valence-corrected chi connectivity index (χ2v) is 6.14. The summed E-state index contributed by atoms with van der Waals surface area (Å²) < 4.78 is 2.83. The first-order chi connectivity index (χ1) is 12.6. The fraction of sp³-hybridized carbons (Fsp3) is 0.222. The van der Waals surface area contributed by atoms with Gasteiger partial charge in [0.15, 0.2) is 5.65 Å². The van der Waals surface area contributed by atoms with Gasteiger partial charge in [-0.25, -0.2) is 4.98 Å². The largest absolute Gasteiger partial charge is 0.361 e. The number of carbonyl (C=O) groups excluding carboxylic acids is 1. The lowest BCUT2D eigenvalue weighted by atomic mass is 10.1. The van der Waals surface area contributed by atoms with E-state index in [9.17, 15) is 9.59 Å². The number of nitrogens with zero attached hydrogens (tertiary/aromatic N) is 4. The fourth-order valence-electron chi connectivity index (χ4n) is 3.06. The summed E-state index contributed by atoms with van der Waals surface area (Å²) in [4.78, 5) is 31.9. The van der Waals surface area contributed by atoms with Gasteiger partial charge in [0.1, 0.15) is 18.3 Å². The van der Waals surface area contributed by atoms with Crippen LogP contribution in [0.1, 0.15) is 5.56 Å². The maximum Gasteiger partial charge on any atom is 0.264 e. The van der Waals surface area contributed by atoms with Gasteiger partial charge in [-0.15, -0.1) is 0 Å². The molecule has 0 fully saturated rings. The molecule has 0 saturated heterocycles. The molecule has 0 unspecified atom stereocenters. The van der Waals surface area contributed by atoms with Gasteiger partial charge in [0.05, 0.1) is 6.20 Å². The number of amides is 1. The number of rotatable bonds is 5. The Kier molecular flexibility index (Phi) is 4.00. The summed E-state index contributed by atoms with van der Waals surface area (Å²) in [5.74, 6) is -0.225. The maximum absolute atomic E-state index is 12.4. The molecule has 3 aromatic heterocycles. The maximum atomic E-state index is 12.4. The molecule has 0 atom stereocenters. The molecule has 0 radical (unpaired) electrons. The van der Waals surface area contributed by atoms with Crippen LogP contribution in [0.4, 0.5) is 0 Å². The first-order valence-electron chi connectivity index (χ1n) is 8.32. The van der Waals surface area contributed by atoms with E-state index in [2.05, 4.69) is 26.4 Å². The van der Waals surface area contributed by atoms with Crippen LogP contribution in [0.15, 0.2) is 47.8 Å². The SMILES string of the molecule is Cn1ncc2c(=O)n(CC(=O)NCCc3c[nH]c4ccccc34)cnc21. The second kappa shape index (κ2) is 6.47. The minimum atomic E-state index is -0.269. The Hall–Kier alpha value is -3.42. The molecule has 0 aliphatic carbocycles. The average molecular weight is 350 g/mol. The van der Waals surface area contributed by atoms with Crippen LogP contribution >= 0.6 is 0 Å². The van der Waals surface area contributed by atoms with E-state index in [0.717, 1.165) is 16.5 Å². The van der Waals surface area contributed by atoms with E-state index in [1.54, 1.807) is 7.05 Å². The molecular formula is C18H18N6O2. The number of benzene rings is 1. The Morgan fingerprint density at radius 1 is 1.27 bits per heavy atom. The molecule has 132 valence electrons. The van der Waals surface area contributed by atoms with Crippen molar-refractivity contribution in [3.63, 3.8) is 0 Å². The molecule has 1 amide bonds. The molecule has 3 heterocycles. The van der Waals surface area contributed by atoms with Crippen molar-refractivity contribution in [3.8, 4) is 0 Å². The molecule has 0 aliphatic rings. The number of hydrogen-bond acceptors (Lipinski definition) is 4. The topological polar surface area (TPSA) is 97.6 Å². The summed E-state index contributed by atoms with van der Waals surface area (Å²) >= 11 is 0. The van der Waals surface area contributed by atoms with E-state index >= 15 is 0 Å². The molecule has 8 nitrogen and oxygen atoms in total. The van der Waals surface area contributed by atoms with Crippen LogP contribution in [-0.4, -0.2) is 36.8 Å². The third-order valence-corrected chi connectivity index (χ3v) is 4.42. The predicted octanol–water partition coefficient (Wildman–Crippen LogP) is 0.970.